The molecule has 1 aromatic carbocycles. The van der Waals surface area contributed by atoms with Crippen molar-refractivity contribution >= 4 is 5.82 Å². The Labute approximate surface area is 100 Å². The first-order valence-corrected chi connectivity index (χ1v) is 6.05. The molecule has 0 amide bonds. The van der Waals surface area contributed by atoms with Crippen LogP contribution in [0.2, 0.25) is 0 Å². The van der Waals surface area contributed by atoms with Crippen LogP contribution in [0.25, 0.3) is 0 Å². The van der Waals surface area contributed by atoms with Crippen LogP contribution >= 0.6 is 0 Å². The van der Waals surface area contributed by atoms with E-state index in [1.54, 1.807) is 0 Å². The van der Waals surface area contributed by atoms with E-state index in [0.717, 1.165) is 25.1 Å². The summed E-state index contributed by atoms with van der Waals surface area (Å²) in [6, 6.07) is 8.60. The highest BCUT2D eigenvalue weighted by Crippen LogP contribution is 2.36. The van der Waals surface area contributed by atoms with Gasteiger partial charge >= 0.3 is 0 Å². The Morgan fingerprint density at radius 1 is 1.41 bits per heavy atom. The fourth-order valence-corrected chi connectivity index (χ4v) is 2.59. The van der Waals surface area contributed by atoms with Crippen molar-refractivity contribution in [3.05, 3.63) is 41.1 Å². The van der Waals surface area contributed by atoms with E-state index in [1.807, 2.05) is 4.68 Å². The highest BCUT2D eigenvalue weighted by molar-refractivity contribution is 5.40. The number of aromatic nitrogens is 3. The lowest BCUT2D eigenvalue weighted by Gasteiger charge is -2.30. The molecular formula is C13H16N4. The zero-order valence-corrected chi connectivity index (χ0v) is 9.93. The van der Waals surface area contributed by atoms with Crippen molar-refractivity contribution in [2.75, 3.05) is 5.73 Å². The maximum atomic E-state index is 5.79. The van der Waals surface area contributed by atoms with Gasteiger partial charge in [0.05, 0.1) is 12.2 Å². The van der Waals surface area contributed by atoms with E-state index in [4.69, 9.17) is 5.73 Å². The molecule has 0 spiro atoms. The highest BCUT2D eigenvalue weighted by Gasteiger charge is 2.26. The molecule has 0 radical (unpaired) electrons. The Morgan fingerprint density at radius 2 is 2.24 bits per heavy atom. The summed E-state index contributed by atoms with van der Waals surface area (Å²) in [6.07, 6.45) is 2.02. The zero-order valence-electron chi connectivity index (χ0n) is 9.93. The van der Waals surface area contributed by atoms with Gasteiger partial charge in [-0.1, -0.05) is 36.4 Å². The van der Waals surface area contributed by atoms with Gasteiger partial charge in [0.15, 0.2) is 5.82 Å². The van der Waals surface area contributed by atoms with Crippen LogP contribution in [0.4, 0.5) is 5.82 Å². The second kappa shape index (κ2) is 3.87. The van der Waals surface area contributed by atoms with Gasteiger partial charge < -0.3 is 5.73 Å². The SMILES string of the molecule is CCc1c(N)nnn1CC1Cc2ccccc21. The Hall–Kier alpha value is -1.84. The quantitative estimate of drug-likeness (QED) is 0.871. The molecule has 0 fully saturated rings. The largest absolute Gasteiger partial charge is 0.381 e. The summed E-state index contributed by atoms with van der Waals surface area (Å²) in [4.78, 5) is 0. The van der Waals surface area contributed by atoms with E-state index < -0.39 is 0 Å². The average molecular weight is 228 g/mol. The van der Waals surface area contributed by atoms with Gasteiger partial charge in [0, 0.05) is 5.92 Å². The summed E-state index contributed by atoms with van der Waals surface area (Å²) in [5, 5.41) is 8.07. The second-order valence-electron chi connectivity index (χ2n) is 4.56. The first kappa shape index (κ1) is 10.3. The second-order valence-corrected chi connectivity index (χ2v) is 4.56. The maximum absolute atomic E-state index is 5.79. The molecule has 1 unspecified atom stereocenters. The summed E-state index contributed by atoms with van der Waals surface area (Å²) >= 11 is 0. The number of rotatable bonds is 3. The van der Waals surface area contributed by atoms with Crippen molar-refractivity contribution in [2.24, 2.45) is 0 Å². The van der Waals surface area contributed by atoms with Gasteiger partial charge in [-0.05, 0) is 24.0 Å². The van der Waals surface area contributed by atoms with Gasteiger partial charge in [-0.25, -0.2) is 4.68 Å². The Balaban J connectivity index is 1.82. The molecule has 1 heterocycles. The Bertz CT molecular complexity index is 544. The smallest absolute Gasteiger partial charge is 0.169 e. The minimum absolute atomic E-state index is 0.567. The summed E-state index contributed by atoms with van der Waals surface area (Å²) in [7, 11) is 0. The fourth-order valence-electron chi connectivity index (χ4n) is 2.59. The molecule has 88 valence electrons. The molecule has 1 aliphatic rings. The van der Waals surface area contributed by atoms with Gasteiger partial charge in [-0.3, -0.25) is 0 Å². The fraction of sp³-hybridized carbons (Fsp3) is 0.385. The van der Waals surface area contributed by atoms with Crippen molar-refractivity contribution in [3.63, 3.8) is 0 Å². The van der Waals surface area contributed by atoms with Gasteiger partial charge in [0.1, 0.15) is 0 Å². The Morgan fingerprint density at radius 3 is 3.00 bits per heavy atom. The molecule has 3 rings (SSSR count). The molecule has 1 aromatic heterocycles. The van der Waals surface area contributed by atoms with E-state index in [1.165, 1.54) is 11.1 Å². The minimum atomic E-state index is 0.567. The van der Waals surface area contributed by atoms with Gasteiger partial charge in [0.25, 0.3) is 0 Å². The van der Waals surface area contributed by atoms with Gasteiger partial charge in [-0.2, -0.15) is 0 Å². The third-order valence-corrected chi connectivity index (χ3v) is 3.56. The summed E-state index contributed by atoms with van der Waals surface area (Å²) in [6.45, 7) is 2.98. The van der Waals surface area contributed by atoms with Crippen LogP contribution in [0.5, 0.6) is 0 Å². The van der Waals surface area contributed by atoms with Gasteiger partial charge in [0.2, 0.25) is 0 Å². The zero-order chi connectivity index (χ0) is 11.8. The number of hydrogen-bond donors (Lipinski definition) is 1. The maximum Gasteiger partial charge on any atom is 0.169 e. The molecule has 0 bridgehead atoms. The first-order valence-electron chi connectivity index (χ1n) is 6.05. The molecule has 4 heteroatoms. The highest BCUT2D eigenvalue weighted by atomic mass is 15.4. The molecule has 4 nitrogen and oxygen atoms in total. The number of anilines is 1. The van der Waals surface area contributed by atoms with Crippen LogP contribution in [0.3, 0.4) is 0 Å². The van der Waals surface area contributed by atoms with Crippen molar-refractivity contribution in [1.29, 1.82) is 0 Å². The van der Waals surface area contributed by atoms with E-state index in [0.29, 0.717) is 11.7 Å². The third-order valence-electron chi connectivity index (χ3n) is 3.56. The average Bonchev–Trinajstić information content (AvgIpc) is 2.67. The van der Waals surface area contributed by atoms with Crippen molar-refractivity contribution in [2.45, 2.75) is 32.2 Å². The molecule has 2 aromatic rings. The number of benzene rings is 1. The van der Waals surface area contributed by atoms with Crippen molar-refractivity contribution in [3.8, 4) is 0 Å². The van der Waals surface area contributed by atoms with E-state index >= 15 is 0 Å². The van der Waals surface area contributed by atoms with Crippen LogP contribution in [0, 0.1) is 0 Å². The normalized spacial score (nSPS) is 17.6. The lowest BCUT2D eigenvalue weighted by atomic mass is 9.77. The molecule has 1 aliphatic carbocycles. The van der Waals surface area contributed by atoms with Crippen molar-refractivity contribution in [1.82, 2.24) is 15.0 Å². The number of nitrogens with two attached hydrogens (primary N) is 1. The van der Waals surface area contributed by atoms with Crippen LogP contribution in [-0.4, -0.2) is 15.0 Å². The van der Waals surface area contributed by atoms with Crippen LogP contribution in [0.15, 0.2) is 24.3 Å². The summed E-state index contributed by atoms with van der Waals surface area (Å²) < 4.78 is 1.95. The number of nitrogens with zero attached hydrogens (tertiary/aromatic N) is 3. The molecule has 17 heavy (non-hydrogen) atoms. The van der Waals surface area contributed by atoms with Crippen LogP contribution < -0.4 is 5.73 Å². The third kappa shape index (κ3) is 1.60. The molecule has 0 saturated heterocycles. The summed E-state index contributed by atoms with van der Waals surface area (Å²) in [5.41, 5.74) is 9.75. The number of nitrogen functional groups attached to an aromatic ring is 1. The van der Waals surface area contributed by atoms with E-state index in [2.05, 4.69) is 41.5 Å². The van der Waals surface area contributed by atoms with E-state index in [9.17, 15) is 0 Å². The lowest BCUT2D eigenvalue weighted by molar-refractivity contribution is 0.455. The standard InChI is InChI=1S/C13H16N4/c1-2-12-13(14)15-16-17(12)8-10-7-9-5-3-4-6-11(9)10/h3-6,10H,2,7-8,14H2,1H3. The number of hydrogen-bond acceptors (Lipinski definition) is 3. The topological polar surface area (TPSA) is 56.7 Å². The summed E-state index contributed by atoms with van der Waals surface area (Å²) in [5.74, 6) is 1.14. The molecule has 2 N–H and O–H groups in total. The molecule has 1 atom stereocenters. The molecule has 0 saturated carbocycles. The van der Waals surface area contributed by atoms with Crippen molar-refractivity contribution < 1.29 is 0 Å². The van der Waals surface area contributed by atoms with E-state index in [-0.39, 0.29) is 0 Å². The number of fused-ring (bicyclic) bond motifs is 1. The minimum Gasteiger partial charge on any atom is -0.381 e. The monoisotopic (exact) mass is 228 g/mol. The first-order chi connectivity index (χ1) is 8.29. The predicted molar refractivity (Wildman–Crippen MR) is 66.7 cm³/mol. The Kier molecular flexibility index (Phi) is 2.35. The molecule has 0 aliphatic heterocycles. The van der Waals surface area contributed by atoms with Crippen LogP contribution in [0.1, 0.15) is 29.7 Å². The van der Waals surface area contributed by atoms with Crippen LogP contribution in [-0.2, 0) is 19.4 Å². The molecular weight excluding hydrogens is 212 g/mol. The van der Waals surface area contributed by atoms with Gasteiger partial charge in [-0.15, -0.1) is 5.10 Å². The predicted octanol–water partition coefficient (Wildman–Crippen LogP) is 1.76. The lowest BCUT2D eigenvalue weighted by Crippen LogP contribution is -2.23.